The summed E-state index contributed by atoms with van der Waals surface area (Å²) < 4.78 is 21.0. The van der Waals surface area contributed by atoms with E-state index in [1.807, 2.05) is 6.07 Å². The van der Waals surface area contributed by atoms with Gasteiger partial charge in [0.05, 0.1) is 32.2 Å². The van der Waals surface area contributed by atoms with E-state index in [-0.39, 0.29) is 0 Å². The number of rotatable bonds is 12. The van der Waals surface area contributed by atoms with Crippen molar-refractivity contribution in [2.75, 3.05) is 88.3 Å². The minimum absolute atomic E-state index is 0.407. The van der Waals surface area contributed by atoms with Gasteiger partial charge in [0.25, 0.3) is 0 Å². The molecule has 13 heteroatoms. The number of methoxy groups -OCH3 is 1. The van der Waals surface area contributed by atoms with Crippen molar-refractivity contribution in [2.24, 2.45) is 0 Å². The Morgan fingerprint density at radius 3 is 2.64 bits per heavy atom. The van der Waals surface area contributed by atoms with Gasteiger partial charge < -0.3 is 39.6 Å². The highest BCUT2D eigenvalue weighted by atomic mass is 32.2. The maximum absolute atomic E-state index is 13.0. The molecule has 3 aliphatic rings. The summed E-state index contributed by atoms with van der Waals surface area (Å²) in [7, 11) is 6.00. The van der Waals surface area contributed by atoms with Gasteiger partial charge in [-0.15, -0.1) is 4.31 Å². The Morgan fingerprint density at radius 2 is 1.89 bits per heavy atom. The highest BCUT2D eigenvalue weighted by molar-refractivity contribution is 7.89. The fraction of sp³-hybridized carbons (Fsp3) is 0.645. The maximum Gasteiger partial charge on any atom is 0.231 e. The number of aromatic nitrogens is 4. The fourth-order valence-electron chi connectivity index (χ4n) is 6.66. The lowest BCUT2D eigenvalue weighted by Crippen LogP contribution is -2.49. The maximum atomic E-state index is 13.0. The zero-order chi connectivity index (χ0) is 30.5. The molecule has 44 heavy (non-hydrogen) atoms. The Morgan fingerprint density at radius 1 is 1.07 bits per heavy atom. The molecule has 1 aliphatic carbocycles. The summed E-state index contributed by atoms with van der Waals surface area (Å²) in [6.45, 7) is 6.54. The first-order chi connectivity index (χ1) is 21.5. The molecule has 0 bridgehead atoms. The fourth-order valence-corrected chi connectivity index (χ4v) is 7.87. The monoisotopic (exact) mass is 624 g/mol. The number of piperazine rings is 1. The van der Waals surface area contributed by atoms with Gasteiger partial charge in [0.1, 0.15) is 17.0 Å². The second kappa shape index (κ2) is 14.5. The van der Waals surface area contributed by atoms with Gasteiger partial charge in [-0.25, -0.2) is 4.98 Å². The summed E-state index contributed by atoms with van der Waals surface area (Å²) in [6, 6.07) is 7.24. The number of nitrogens with zero attached hydrogens (tertiary/aromatic N) is 7. The van der Waals surface area contributed by atoms with E-state index in [2.05, 4.69) is 70.8 Å². The second-order valence-corrected chi connectivity index (χ2v) is 14.1. The van der Waals surface area contributed by atoms with Crippen molar-refractivity contribution < 1.29 is 9.29 Å². The summed E-state index contributed by atoms with van der Waals surface area (Å²) in [5, 5.41) is 6.99. The number of imidazole rings is 1. The minimum Gasteiger partial charge on any atom is -0.598 e. The van der Waals surface area contributed by atoms with Crippen molar-refractivity contribution in [1.82, 2.24) is 34.0 Å². The number of fused-ring (bicyclic) bond motifs is 1. The van der Waals surface area contributed by atoms with Crippen LogP contribution in [0.4, 0.5) is 23.1 Å². The Labute approximate surface area is 264 Å². The summed E-state index contributed by atoms with van der Waals surface area (Å²) in [5.74, 6) is 2.71. The summed E-state index contributed by atoms with van der Waals surface area (Å²) >= 11 is -0.931. The second-order valence-electron chi connectivity index (χ2n) is 12.5. The number of aromatic amines is 1. The molecule has 2 unspecified atom stereocenters. The van der Waals surface area contributed by atoms with E-state index in [0.717, 1.165) is 99.3 Å². The van der Waals surface area contributed by atoms with Gasteiger partial charge in [-0.2, -0.15) is 9.97 Å². The van der Waals surface area contributed by atoms with E-state index in [0.29, 0.717) is 23.7 Å². The van der Waals surface area contributed by atoms with Gasteiger partial charge in [0.2, 0.25) is 5.95 Å². The molecule has 240 valence electrons. The smallest absolute Gasteiger partial charge is 0.231 e. The lowest BCUT2D eigenvalue weighted by atomic mass is 9.95. The molecule has 6 rings (SSSR count). The van der Waals surface area contributed by atoms with Gasteiger partial charge in [-0.1, -0.05) is 19.3 Å². The Hall–Kier alpha value is -2.84. The molecule has 2 atom stereocenters. The number of anilines is 4. The highest BCUT2D eigenvalue weighted by Gasteiger charge is 2.28. The first-order valence-electron chi connectivity index (χ1n) is 16.2. The van der Waals surface area contributed by atoms with Gasteiger partial charge >= 0.3 is 0 Å². The standard InChI is InChI=1S/C31H48N10O2S/c1-38(2)25-12-14-39(21-25)13-7-19-44(42)41-17-15-40(16-18-41)24-10-11-26(27(20-24)43-3)35-31-36-29-28(32-22-33-29)30(37-31)34-23-8-5-4-6-9-23/h10-11,20,22-23,25H,4-9,12-19,21H2,1-3H3,(H3,32,33,34,35,36,37). The minimum atomic E-state index is -0.931. The zero-order valence-corrected chi connectivity index (χ0v) is 27.2. The molecule has 0 amide bonds. The molecular weight excluding hydrogens is 576 g/mol. The molecule has 1 saturated carbocycles. The van der Waals surface area contributed by atoms with Gasteiger partial charge in [0.15, 0.2) is 11.5 Å². The third kappa shape index (κ3) is 7.51. The first kappa shape index (κ1) is 31.2. The van der Waals surface area contributed by atoms with Crippen LogP contribution in [0.3, 0.4) is 0 Å². The molecule has 1 aromatic carbocycles. The van der Waals surface area contributed by atoms with E-state index < -0.39 is 11.4 Å². The average Bonchev–Trinajstić information content (AvgIpc) is 3.72. The molecule has 12 nitrogen and oxygen atoms in total. The zero-order valence-electron chi connectivity index (χ0n) is 26.4. The van der Waals surface area contributed by atoms with Crippen LogP contribution < -0.4 is 20.3 Å². The number of ether oxygens (including phenoxy) is 1. The van der Waals surface area contributed by atoms with Gasteiger partial charge in [-0.05, 0) is 52.0 Å². The van der Waals surface area contributed by atoms with E-state index in [1.165, 1.54) is 25.7 Å². The number of hydrogen-bond donors (Lipinski definition) is 3. The molecule has 2 aliphatic heterocycles. The van der Waals surface area contributed by atoms with E-state index in [4.69, 9.17) is 9.72 Å². The molecule has 3 fully saturated rings. The molecule has 0 radical (unpaired) electrons. The number of likely N-dealkylation sites (tertiary alicyclic amines) is 1. The lowest BCUT2D eigenvalue weighted by Gasteiger charge is -2.36. The molecular formula is C31H48N10O2S. The van der Waals surface area contributed by atoms with Crippen molar-refractivity contribution in [3.63, 3.8) is 0 Å². The van der Waals surface area contributed by atoms with Crippen LogP contribution in [0, 0.1) is 0 Å². The number of H-pyrrole nitrogens is 1. The predicted octanol–water partition coefficient (Wildman–Crippen LogP) is 3.66. The predicted molar refractivity (Wildman–Crippen MR) is 178 cm³/mol. The normalized spacial score (nSPS) is 21.3. The van der Waals surface area contributed by atoms with E-state index in [1.54, 1.807) is 13.4 Å². The number of nitrogens with one attached hydrogen (secondary N) is 3. The largest absolute Gasteiger partial charge is 0.598 e. The summed E-state index contributed by atoms with van der Waals surface area (Å²) in [5.41, 5.74) is 3.34. The highest BCUT2D eigenvalue weighted by Crippen LogP contribution is 2.33. The van der Waals surface area contributed by atoms with Crippen LogP contribution in [0.5, 0.6) is 5.75 Å². The molecule has 4 heterocycles. The lowest BCUT2D eigenvalue weighted by molar-refractivity contribution is 0.269. The van der Waals surface area contributed by atoms with Crippen LogP contribution in [0.15, 0.2) is 24.5 Å². The molecule has 2 saturated heterocycles. The summed E-state index contributed by atoms with van der Waals surface area (Å²) in [6.07, 6.45) is 9.95. The SMILES string of the molecule is COc1cc(N2CCN([S+]([O-])CCCN3CCC(N(C)C)C3)CC2)ccc1Nc1nc(NC2CCCCC2)c2nc[nH]c2n1. The van der Waals surface area contributed by atoms with Crippen molar-refractivity contribution in [1.29, 1.82) is 0 Å². The van der Waals surface area contributed by atoms with Crippen LogP contribution in [-0.2, 0) is 11.4 Å². The Bertz CT molecular complexity index is 1360. The number of likely N-dealkylation sites (N-methyl/N-ethyl adjacent to an activating group) is 1. The molecule has 3 N–H and O–H groups in total. The van der Waals surface area contributed by atoms with Gasteiger partial charge in [0, 0.05) is 67.8 Å². The molecule has 3 aromatic rings. The first-order valence-corrected chi connectivity index (χ1v) is 17.4. The summed E-state index contributed by atoms with van der Waals surface area (Å²) in [4.78, 5) is 24.2. The van der Waals surface area contributed by atoms with Crippen molar-refractivity contribution in [3.05, 3.63) is 24.5 Å². The van der Waals surface area contributed by atoms with Crippen LogP contribution in [-0.4, -0.2) is 123 Å². The third-order valence-electron chi connectivity index (χ3n) is 9.32. The van der Waals surface area contributed by atoms with Crippen molar-refractivity contribution in [2.45, 2.75) is 57.0 Å². The van der Waals surface area contributed by atoms with Gasteiger partial charge in [-0.3, -0.25) is 0 Å². The molecule has 2 aromatic heterocycles. The van der Waals surface area contributed by atoms with Crippen molar-refractivity contribution in [3.8, 4) is 5.75 Å². The van der Waals surface area contributed by atoms with Crippen LogP contribution in [0.2, 0.25) is 0 Å². The Balaban J connectivity index is 1.03. The number of benzene rings is 1. The van der Waals surface area contributed by atoms with Crippen molar-refractivity contribution >= 4 is 45.7 Å². The Kier molecular flexibility index (Phi) is 10.3. The van der Waals surface area contributed by atoms with E-state index >= 15 is 0 Å². The number of hydrogen-bond acceptors (Lipinski definition) is 11. The topological polar surface area (TPSA) is 124 Å². The average molecular weight is 625 g/mol. The van der Waals surface area contributed by atoms with Crippen LogP contribution >= 0.6 is 0 Å². The van der Waals surface area contributed by atoms with E-state index in [9.17, 15) is 4.55 Å². The van der Waals surface area contributed by atoms with Crippen LogP contribution in [0.25, 0.3) is 11.2 Å². The third-order valence-corrected chi connectivity index (χ3v) is 10.9. The van der Waals surface area contributed by atoms with Crippen LogP contribution in [0.1, 0.15) is 44.9 Å². The molecule has 0 spiro atoms. The quantitative estimate of drug-likeness (QED) is 0.256.